The summed E-state index contributed by atoms with van der Waals surface area (Å²) in [7, 11) is 0. The van der Waals surface area contributed by atoms with Crippen molar-refractivity contribution < 1.29 is 9.13 Å². The summed E-state index contributed by atoms with van der Waals surface area (Å²) in [5, 5.41) is 3.34. The minimum atomic E-state index is -0.189. The molecule has 1 aliphatic heterocycles. The van der Waals surface area contributed by atoms with Crippen LogP contribution in [0.1, 0.15) is 31.2 Å². The molecule has 0 aliphatic carbocycles. The third kappa shape index (κ3) is 4.34. The monoisotopic (exact) mass is 315 g/mol. The average Bonchev–Trinajstić information content (AvgIpc) is 2.40. The second kappa shape index (κ2) is 7.22. The molecule has 1 unspecified atom stereocenters. The number of benzene rings is 1. The van der Waals surface area contributed by atoms with Crippen molar-refractivity contribution in [2.75, 3.05) is 13.2 Å². The molecule has 1 aromatic rings. The second-order valence-corrected chi connectivity index (χ2v) is 5.54. The van der Waals surface area contributed by atoms with Crippen molar-refractivity contribution in [2.24, 2.45) is 0 Å². The van der Waals surface area contributed by atoms with Gasteiger partial charge in [0.2, 0.25) is 0 Å². The first-order valence-electron chi connectivity index (χ1n) is 6.52. The second-order valence-electron chi connectivity index (χ2n) is 4.69. The van der Waals surface area contributed by atoms with Crippen LogP contribution in [0.5, 0.6) is 0 Å². The predicted molar refractivity (Wildman–Crippen MR) is 74.0 cm³/mol. The van der Waals surface area contributed by atoms with E-state index in [1.165, 1.54) is 25.3 Å². The van der Waals surface area contributed by atoms with Gasteiger partial charge in [0.25, 0.3) is 0 Å². The summed E-state index contributed by atoms with van der Waals surface area (Å²) >= 11 is 3.43. The zero-order chi connectivity index (χ0) is 12.8. The molecule has 1 aromatic carbocycles. The molecule has 4 heteroatoms. The summed E-state index contributed by atoms with van der Waals surface area (Å²) in [6, 6.07) is 4.77. The van der Waals surface area contributed by atoms with Gasteiger partial charge in [-0.15, -0.1) is 0 Å². The number of rotatable bonds is 5. The van der Waals surface area contributed by atoms with E-state index >= 15 is 0 Å². The summed E-state index contributed by atoms with van der Waals surface area (Å²) in [5.74, 6) is -0.189. The van der Waals surface area contributed by atoms with E-state index < -0.39 is 0 Å². The number of hydrogen-bond acceptors (Lipinski definition) is 2. The number of halogens is 2. The Morgan fingerprint density at radius 1 is 1.39 bits per heavy atom. The fraction of sp³-hybridized carbons (Fsp3) is 0.571. The third-order valence-corrected chi connectivity index (χ3v) is 4.01. The molecular formula is C14H19BrFNO. The first kappa shape index (κ1) is 14.0. The van der Waals surface area contributed by atoms with Crippen LogP contribution in [0.25, 0.3) is 0 Å². The van der Waals surface area contributed by atoms with Crippen LogP contribution in [-0.2, 0) is 11.3 Å². The summed E-state index contributed by atoms with van der Waals surface area (Å²) < 4.78 is 19.7. The van der Waals surface area contributed by atoms with Gasteiger partial charge in [0.15, 0.2) is 0 Å². The van der Waals surface area contributed by atoms with Gasteiger partial charge >= 0.3 is 0 Å². The van der Waals surface area contributed by atoms with Gasteiger partial charge in [0.1, 0.15) is 5.82 Å². The summed E-state index contributed by atoms with van der Waals surface area (Å²) in [4.78, 5) is 0. The maximum atomic E-state index is 13.1. The van der Waals surface area contributed by atoms with Gasteiger partial charge in [0, 0.05) is 17.6 Å². The van der Waals surface area contributed by atoms with Gasteiger partial charge in [-0.25, -0.2) is 4.39 Å². The van der Waals surface area contributed by atoms with Gasteiger partial charge in [-0.3, -0.25) is 0 Å². The van der Waals surface area contributed by atoms with E-state index in [0.29, 0.717) is 12.6 Å². The molecule has 0 saturated carbocycles. The van der Waals surface area contributed by atoms with Crippen LogP contribution in [-0.4, -0.2) is 19.3 Å². The molecule has 2 rings (SSSR count). The normalized spacial score (nSPS) is 20.0. The van der Waals surface area contributed by atoms with E-state index in [0.717, 1.165) is 29.6 Å². The molecule has 2 nitrogen and oxygen atoms in total. The van der Waals surface area contributed by atoms with Crippen LogP contribution < -0.4 is 5.32 Å². The number of ether oxygens (including phenoxy) is 1. The van der Waals surface area contributed by atoms with Crippen molar-refractivity contribution >= 4 is 15.9 Å². The minimum Gasteiger partial charge on any atom is -0.378 e. The molecule has 100 valence electrons. The Balaban J connectivity index is 1.69. The zero-order valence-corrected chi connectivity index (χ0v) is 12.0. The maximum Gasteiger partial charge on any atom is 0.123 e. The molecule has 1 aliphatic rings. The van der Waals surface area contributed by atoms with Gasteiger partial charge in [-0.05, 0) is 56.0 Å². The lowest BCUT2D eigenvalue weighted by atomic mass is 10.1. The quantitative estimate of drug-likeness (QED) is 0.838. The molecule has 0 spiro atoms. The Morgan fingerprint density at radius 2 is 2.28 bits per heavy atom. The van der Waals surface area contributed by atoms with Crippen molar-refractivity contribution in [1.29, 1.82) is 0 Å². The SMILES string of the molecule is Fc1ccc(Br)c(CNCCC2CCCCO2)c1. The highest BCUT2D eigenvalue weighted by atomic mass is 79.9. The van der Waals surface area contributed by atoms with Crippen molar-refractivity contribution in [3.63, 3.8) is 0 Å². The topological polar surface area (TPSA) is 21.3 Å². The molecule has 1 saturated heterocycles. The van der Waals surface area contributed by atoms with E-state index in [2.05, 4.69) is 21.2 Å². The van der Waals surface area contributed by atoms with Gasteiger partial charge in [0.05, 0.1) is 6.10 Å². The summed E-state index contributed by atoms with van der Waals surface area (Å²) in [6.07, 6.45) is 5.08. The first-order chi connectivity index (χ1) is 8.75. The fourth-order valence-corrected chi connectivity index (χ4v) is 2.59. The highest BCUT2D eigenvalue weighted by Gasteiger charge is 2.12. The van der Waals surface area contributed by atoms with E-state index in [4.69, 9.17) is 4.74 Å². The van der Waals surface area contributed by atoms with Crippen molar-refractivity contribution in [3.8, 4) is 0 Å². The van der Waals surface area contributed by atoms with E-state index in [1.807, 2.05) is 0 Å². The van der Waals surface area contributed by atoms with Crippen LogP contribution in [0.4, 0.5) is 4.39 Å². The lowest BCUT2D eigenvalue weighted by molar-refractivity contribution is 0.0115. The van der Waals surface area contributed by atoms with E-state index in [-0.39, 0.29) is 5.82 Å². The smallest absolute Gasteiger partial charge is 0.123 e. The van der Waals surface area contributed by atoms with Crippen LogP contribution >= 0.6 is 15.9 Å². The maximum absolute atomic E-state index is 13.1. The van der Waals surface area contributed by atoms with Crippen LogP contribution in [0.15, 0.2) is 22.7 Å². The Morgan fingerprint density at radius 3 is 3.06 bits per heavy atom. The first-order valence-corrected chi connectivity index (χ1v) is 7.31. The van der Waals surface area contributed by atoms with Crippen molar-refractivity contribution in [3.05, 3.63) is 34.1 Å². The Kier molecular flexibility index (Phi) is 5.60. The van der Waals surface area contributed by atoms with Crippen molar-refractivity contribution in [1.82, 2.24) is 5.32 Å². The lowest BCUT2D eigenvalue weighted by Gasteiger charge is -2.22. The fourth-order valence-electron chi connectivity index (χ4n) is 2.20. The summed E-state index contributed by atoms with van der Waals surface area (Å²) in [6.45, 7) is 2.50. The Labute approximate surface area is 116 Å². The Bertz CT molecular complexity index is 380. The molecule has 1 heterocycles. The molecule has 0 aromatic heterocycles. The lowest BCUT2D eigenvalue weighted by Crippen LogP contribution is -2.25. The van der Waals surface area contributed by atoms with Crippen LogP contribution in [0, 0.1) is 5.82 Å². The zero-order valence-electron chi connectivity index (χ0n) is 10.4. The van der Waals surface area contributed by atoms with Crippen LogP contribution in [0.2, 0.25) is 0 Å². The molecule has 0 bridgehead atoms. The van der Waals surface area contributed by atoms with E-state index in [1.54, 1.807) is 12.1 Å². The number of hydrogen-bond donors (Lipinski definition) is 1. The molecule has 1 N–H and O–H groups in total. The highest BCUT2D eigenvalue weighted by molar-refractivity contribution is 9.10. The molecule has 18 heavy (non-hydrogen) atoms. The standard InChI is InChI=1S/C14H19BrFNO/c15-14-5-4-12(16)9-11(14)10-17-7-6-13-3-1-2-8-18-13/h4-5,9,13,17H,1-3,6-8,10H2. The Hall–Kier alpha value is -0.450. The van der Waals surface area contributed by atoms with Gasteiger partial charge < -0.3 is 10.1 Å². The predicted octanol–water partition coefficient (Wildman–Crippen LogP) is 3.64. The molecule has 0 amide bonds. The largest absolute Gasteiger partial charge is 0.378 e. The number of nitrogens with one attached hydrogen (secondary N) is 1. The van der Waals surface area contributed by atoms with Gasteiger partial charge in [-0.2, -0.15) is 0 Å². The van der Waals surface area contributed by atoms with Gasteiger partial charge in [-0.1, -0.05) is 15.9 Å². The van der Waals surface area contributed by atoms with Crippen LogP contribution in [0.3, 0.4) is 0 Å². The van der Waals surface area contributed by atoms with E-state index in [9.17, 15) is 4.39 Å². The van der Waals surface area contributed by atoms with Crippen molar-refractivity contribution in [2.45, 2.75) is 38.3 Å². The summed E-state index contributed by atoms with van der Waals surface area (Å²) in [5.41, 5.74) is 0.958. The minimum absolute atomic E-state index is 0.189. The molecule has 0 radical (unpaired) electrons. The average molecular weight is 316 g/mol. The highest BCUT2D eigenvalue weighted by Crippen LogP contribution is 2.18. The molecule has 1 atom stereocenters. The third-order valence-electron chi connectivity index (χ3n) is 3.24. The molecular weight excluding hydrogens is 297 g/mol. The molecule has 1 fully saturated rings.